The number of hydrazone groups is 1. The number of esters is 1. The third-order valence-corrected chi connectivity index (χ3v) is 5.56. The van der Waals surface area contributed by atoms with E-state index in [4.69, 9.17) is 32.7 Å². The third-order valence-electron chi connectivity index (χ3n) is 4.52. The molecule has 36 heavy (non-hydrogen) atoms. The number of halogens is 3. The minimum absolute atomic E-state index is 0.156. The Balaban J connectivity index is 1.59. The van der Waals surface area contributed by atoms with E-state index < -0.39 is 11.9 Å². The zero-order chi connectivity index (χ0) is 26.1. The van der Waals surface area contributed by atoms with Gasteiger partial charge in [0, 0.05) is 15.1 Å². The Bertz CT molecular complexity index is 1320. The van der Waals surface area contributed by atoms with Crippen molar-refractivity contribution in [2.45, 2.75) is 6.92 Å². The van der Waals surface area contributed by atoms with Crippen LogP contribution in [0.4, 0.5) is 0 Å². The maximum atomic E-state index is 12.5. The van der Waals surface area contributed by atoms with Crippen molar-refractivity contribution in [2.75, 3.05) is 13.2 Å². The van der Waals surface area contributed by atoms with Crippen LogP contribution in [-0.2, 0) is 4.79 Å². The average Bonchev–Trinajstić information content (AvgIpc) is 2.84. The molecule has 186 valence electrons. The van der Waals surface area contributed by atoms with Gasteiger partial charge in [0.05, 0.1) is 30.0 Å². The van der Waals surface area contributed by atoms with Crippen molar-refractivity contribution in [1.82, 2.24) is 10.7 Å². The Morgan fingerprint density at radius 2 is 1.83 bits per heavy atom. The van der Waals surface area contributed by atoms with Gasteiger partial charge in [-0.1, -0.05) is 45.2 Å². The molecule has 0 heterocycles. The molecule has 0 aliphatic carbocycles. The van der Waals surface area contributed by atoms with Gasteiger partial charge < -0.3 is 14.8 Å². The fraction of sp³-hybridized carbons (Fsp3) is 0.120. The van der Waals surface area contributed by atoms with Crippen LogP contribution in [0.1, 0.15) is 33.2 Å². The van der Waals surface area contributed by atoms with Crippen molar-refractivity contribution in [1.29, 1.82) is 0 Å². The first-order valence-corrected chi connectivity index (χ1v) is 12.1. The van der Waals surface area contributed by atoms with E-state index >= 15 is 0 Å². The van der Waals surface area contributed by atoms with Crippen molar-refractivity contribution in [3.05, 3.63) is 91.9 Å². The number of nitrogens with zero attached hydrogens (tertiary/aromatic N) is 1. The molecular formula is C25H20BrCl2N3O5. The van der Waals surface area contributed by atoms with Crippen LogP contribution in [0.25, 0.3) is 0 Å². The number of ether oxygens (including phenoxy) is 2. The van der Waals surface area contributed by atoms with Gasteiger partial charge in [0.25, 0.3) is 11.8 Å². The van der Waals surface area contributed by atoms with E-state index in [9.17, 15) is 14.4 Å². The molecule has 0 aliphatic heterocycles. The van der Waals surface area contributed by atoms with Crippen LogP contribution in [0.3, 0.4) is 0 Å². The molecule has 0 fully saturated rings. The van der Waals surface area contributed by atoms with Crippen LogP contribution >= 0.6 is 39.1 Å². The van der Waals surface area contributed by atoms with E-state index in [0.29, 0.717) is 28.5 Å². The normalized spacial score (nSPS) is 10.7. The highest BCUT2D eigenvalue weighted by Gasteiger charge is 2.16. The lowest BCUT2D eigenvalue weighted by Gasteiger charge is -2.12. The lowest BCUT2D eigenvalue weighted by Crippen LogP contribution is -2.34. The second kappa shape index (κ2) is 13.1. The van der Waals surface area contributed by atoms with Crippen molar-refractivity contribution >= 4 is 63.1 Å². The Morgan fingerprint density at radius 3 is 2.56 bits per heavy atom. The topological polar surface area (TPSA) is 106 Å². The smallest absolute Gasteiger partial charge is 0.345 e. The number of rotatable bonds is 9. The predicted molar refractivity (Wildman–Crippen MR) is 141 cm³/mol. The third kappa shape index (κ3) is 7.81. The number of carbonyl (C=O) groups is 3. The van der Waals surface area contributed by atoms with Crippen LogP contribution in [-0.4, -0.2) is 37.1 Å². The maximum Gasteiger partial charge on any atom is 0.345 e. The monoisotopic (exact) mass is 591 g/mol. The number of amides is 2. The van der Waals surface area contributed by atoms with Crippen LogP contribution in [0, 0.1) is 0 Å². The standard InChI is InChI=1S/C25H20BrCl2N3O5/c1-2-35-22-10-15(6-9-21(22)36-25(34)19-8-7-18(27)12-20(19)28)13-30-31-23(32)14-29-24(33)16-4-3-5-17(26)11-16/h3-13H,2,14H2,1H3,(H,29,33)(H,31,32)/b30-13+. The van der Waals surface area contributed by atoms with Gasteiger partial charge in [0.15, 0.2) is 11.5 Å². The molecule has 3 aromatic rings. The Hall–Kier alpha value is -3.40. The van der Waals surface area contributed by atoms with Crippen LogP contribution < -0.4 is 20.2 Å². The predicted octanol–water partition coefficient (Wildman–Crippen LogP) is 5.25. The molecule has 0 spiro atoms. The number of carbonyl (C=O) groups excluding carboxylic acids is 3. The molecule has 0 aliphatic rings. The fourth-order valence-electron chi connectivity index (χ4n) is 2.88. The zero-order valence-corrected chi connectivity index (χ0v) is 22.0. The van der Waals surface area contributed by atoms with E-state index in [0.717, 1.165) is 4.47 Å². The molecule has 0 bridgehead atoms. The molecule has 0 saturated carbocycles. The number of nitrogens with one attached hydrogen (secondary N) is 2. The van der Waals surface area contributed by atoms with E-state index in [-0.39, 0.29) is 28.8 Å². The molecule has 3 aromatic carbocycles. The minimum atomic E-state index is -0.670. The largest absolute Gasteiger partial charge is 0.490 e. The summed E-state index contributed by atoms with van der Waals surface area (Å²) < 4.78 is 11.8. The summed E-state index contributed by atoms with van der Waals surface area (Å²) in [6, 6.07) is 16.0. The first-order chi connectivity index (χ1) is 17.3. The van der Waals surface area contributed by atoms with Gasteiger partial charge in [-0.2, -0.15) is 5.10 Å². The summed E-state index contributed by atoms with van der Waals surface area (Å²) in [4.78, 5) is 36.7. The van der Waals surface area contributed by atoms with Crippen LogP contribution in [0.15, 0.2) is 70.2 Å². The summed E-state index contributed by atoms with van der Waals surface area (Å²) in [6.07, 6.45) is 1.39. The highest BCUT2D eigenvalue weighted by Crippen LogP contribution is 2.30. The SMILES string of the molecule is CCOc1cc(/C=N/NC(=O)CNC(=O)c2cccc(Br)c2)ccc1OC(=O)c1ccc(Cl)cc1Cl. The van der Waals surface area contributed by atoms with Crippen molar-refractivity contribution < 1.29 is 23.9 Å². The quantitative estimate of drug-likeness (QED) is 0.153. The second-order valence-electron chi connectivity index (χ2n) is 7.14. The lowest BCUT2D eigenvalue weighted by atomic mass is 10.2. The highest BCUT2D eigenvalue weighted by atomic mass is 79.9. The van der Waals surface area contributed by atoms with Crippen molar-refractivity contribution in [3.63, 3.8) is 0 Å². The summed E-state index contributed by atoms with van der Waals surface area (Å²) in [7, 11) is 0. The molecule has 0 unspecified atom stereocenters. The van der Waals surface area contributed by atoms with Crippen molar-refractivity contribution in [3.8, 4) is 11.5 Å². The molecule has 0 saturated heterocycles. The summed E-state index contributed by atoms with van der Waals surface area (Å²) in [6.45, 7) is 1.85. The van der Waals surface area contributed by atoms with Gasteiger partial charge in [0.2, 0.25) is 0 Å². The van der Waals surface area contributed by atoms with Crippen molar-refractivity contribution in [2.24, 2.45) is 5.10 Å². The Kier molecular flexibility index (Phi) is 9.86. The molecule has 0 radical (unpaired) electrons. The van der Waals surface area contributed by atoms with E-state index in [1.54, 1.807) is 43.3 Å². The summed E-state index contributed by atoms with van der Waals surface area (Å²) in [5.41, 5.74) is 3.48. The van der Waals surface area contributed by atoms with Gasteiger partial charge in [-0.3, -0.25) is 9.59 Å². The minimum Gasteiger partial charge on any atom is -0.490 e. The van der Waals surface area contributed by atoms with Gasteiger partial charge in [-0.25, -0.2) is 10.2 Å². The maximum absolute atomic E-state index is 12.5. The van der Waals surface area contributed by atoms with Crippen LogP contribution in [0.5, 0.6) is 11.5 Å². The van der Waals surface area contributed by atoms with Gasteiger partial charge >= 0.3 is 5.97 Å². The number of hydrogen-bond acceptors (Lipinski definition) is 6. The summed E-state index contributed by atoms with van der Waals surface area (Å²) >= 11 is 15.2. The Morgan fingerprint density at radius 1 is 1.03 bits per heavy atom. The lowest BCUT2D eigenvalue weighted by molar-refractivity contribution is -0.120. The van der Waals surface area contributed by atoms with Crippen LogP contribution in [0.2, 0.25) is 10.0 Å². The molecule has 3 rings (SSSR count). The van der Waals surface area contributed by atoms with Gasteiger partial charge in [-0.05, 0) is 67.1 Å². The van der Waals surface area contributed by atoms with E-state index in [1.165, 1.54) is 30.5 Å². The highest BCUT2D eigenvalue weighted by molar-refractivity contribution is 9.10. The molecule has 0 atom stereocenters. The molecule has 8 nitrogen and oxygen atoms in total. The number of benzene rings is 3. The first kappa shape index (κ1) is 27.2. The first-order valence-electron chi connectivity index (χ1n) is 10.6. The zero-order valence-electron chi connectivity index (χ0n) is 18.9. The molecule has 0 aromatic heterocycles. The molecular weight excluding hydrogens is 573 g/mol. The van der Waals surface area contributed by atoms with Gasteiger partial charge in [-0.15, -0.1) is 0 Å². The van der Waals surface area contributed by atoms with E-state index in [2.05, 4.69) is 31.8 Å². The Labute approximate surface area is 225 Å². The molecule has 11 heteroatoms. The molecule has 2 N–H and O–H groups in total. The summed E-state index contributed by atoms with van der Waals surface area (Å²) in [5.74, 6) is -1.08. The second-order valence-corrected chi connectivity index (χ2v) is 8.90. The fourth-order valence-corrected chi connectivity index (χ4v) is 3.76. The number of hydrogen-bond donors (Lipinski definition) is 2. The van der Waals surface area contributed by atoms with Gasteiger partial charge in [0.1, 0.15) is 0 Å². The molecule has 2 amide bonds. The average molecular weight is 593 g/mol. The summed E-state index contributed by atoms with van der Waals surface area (Å²) in [5, 5.41) is 6.97. The van der Waals surface area contributed by atoms with E-state index in [1.807, 2.05) is 0 Å².